The van der Waals surface area contributed by atoms with Crippen LogP contribution in [0.4, 0.5) is 19.5 Å². The highest BCUT2D eigenvalue weighted by Crippen LogP contribution is 2.25. The molecule has 0 saturated carbocycles. The highest BCUT2D eigenvalue weighted by molar-refractivity contribution is 7.17. The summed E-state index contributed by atoms with van der Waals surface area (Å²) in [6.07, 6.45) is 0. The Morgan fingerprint density at radius 3 is 2.63 bits per heavy atom. The lowest BCUT2D eigenvalue weighted by molar-refractivity contribution is -0.380. The van der Waals surface area contributed by atoms with Crippen molar-refractivity contribution in [2.24, 2.45) is 0 Å². The molecule has 0 radical (unpaired) electrons. The number of nitrogens with one attached hydrogen (secondary N) is 1. The van der Waals surface area contributed by atoms with Crippen LogP contribution in [0, 0.1) is 22.0 Å². The van der Waals surface area contributed by atoms with Gasteiger partial charge in [-0.3, -0.25) is 14.9 Å². The van der Waals surface area contributed by atoms with Gasteiger partial charge in [0, 0.05) is 6.07 Å². The monoisotopic (exact) mass is 285 g/mol. The van der Waals surface area contributed by atoms with Crippen LogP contribution in [0.15, 0.2) is 24.3 Å². The molecule has 0 saturated heterocycles. The molecule has 19 heavy (non-hydrogen) atoms. The zero-order valence-corrected chi connectivity index (χ0v) is 9.91. The number of aromatic nitrogens is 1. The van der Waals surface area contributed by atoms with E-state index in [4.69, 9.17) is 0 Å². The number of nitro groups is 1. The second-order valence-corrected chi connectivity index (χ2v) is 4.38. The van der Waals surface area contributed by atoms with E-state index >= 15 is 0 Å². The lowest BCUT2D eigenvalue weighted by atomic mass is 10.3. The number of pyridine rings is 1. The van der Waals surface area contributed by atoms with Crippen LogP contribution in [-0.2, 0) is 0 Å². The topological polar surface area (TPSA) is 85.1 Å². The number of carbonyl (C=O) groups is 1. The lowest BCUT2D eigenvalue weighted by Gasteiger charge is -2.03. The van der Waals surface area contributed by atoms with E-state index < -0.39 is 22.7 Å². The Bertz CT molecular complexity index is 659. The van der Waals surface area contributed by atoms with Crippen molar-refractivity contribution in [3.05, 3.63) is 51.2 Å². The molecule has 2 rings (SSSR count). The Hall–Kier alpha value is -2.42. The van der Waals surface area contributed by atoms with Gasteiger partial charge in [-0.05, 0) is 18.2 Å². The second-order valence-electron chi connectivity index (χ2n) is 3.32. The summed E-state index contributed by atoms with van der Waals surface area (Å²) in [5.41, 5.74) is -0.303. The molecule has 1 N–H and O–H groups in total. The highest BCUT2D eigenvalue weighted by atomic mass is 32.1. The normalized spacial score (nSPS) is 10.2. The molecule has 0 aromatic carbocycles. The Morgan fingerprint density at radius 1 is 1.32 bits per heavy atom. The molecule has 98 valence electrons. The fourth-order valence-corrected chi connectivity index (χ4v) is 1.95. The average Bonchev–Trinajstić information content (AvgIpc) is 2.82. The van der Waals surface area contributed by atoms with Crippen LogP contribution < -0.4 is 5.32 Å². The molecule has 2 aromatic heterocycles. The SMILES string of the molecule is O=C(Nc1ccc(F)nc1F)c1ccc([N+](=O)[O-])s1. The van der Waals surface area contributed by atoms with Crippen LogP contribution in [0.5, 0.6) is 0 Å². The molecule has 0 bridgehead atoms. The van der Waals surface area contributed by atoms with Crippen molar-refractivity contribution in [3.63, 3.8) is 0 Å². The predicted octanol–water partition coefficient (Wildman–Crippen LogP) is 2.58. The van der Waals surface area contributed by atoms with E-state index in [-0.39, 0.29) is 15.6 Å². The van der Waals surface area contributed by atoms with Gasteiger partial charge in [0.05, 0.1) is 15.5 Å². The predicted molar refractivity (Wildman–Crippen MR) is 63.1 cm³/mol. The third kappa shape index (κ3) is 2.88. The molecule has 2 aromatic rings. The molecule has 6 nitrogen and oxygen atoms in total. The number of hydrogen-bond donors (Lipinski definition) is 1. The second kappa shape index (κ2) is 5.06. The Morgan fingerprint density at radius 2 is 2.05 bits per heavy atom. The van der Waals surface area contributed by atoms with Crippen molar-refractivity contribution in [1.82, 2.24) is 4.98 Å². The van der Waals surface area contributed by atoms with Crippen molar-refractivity contribution in [2.45, 2.75) is 0 Å². The molecule has 0 aliphatic heterocycles. The minimum Gasteiger partial charge on any atom is -0.317 e. The number of halogens is 2. The summed E-state index contributed by atoms with van der Waals surface area (Å²) in [7, 11) is 0. The van der Waals surface area contributed by atoms with Crippen LogP contribution in [-0.4, -0.2) is 15.8 Å². The molecule has 1 amide bonds. The number of anilines is 1. The van der Waals surface area contributed by atoms with Crippen LogP contribution in [0.25, 0.3) is 0 Å². The fraction of sp³-hybridized carbons (Fsp3) is 0. The largest absolute Gasteiger partial charge is 0.324 e. The molecular formula is C10H5F2N3O3S. The van der Waals surface area contributed by atoms with Crippen LogP contribution in [0.3, 0.4) is 0 Å². The van der Waals surface area contributed by atoms with Gasteiger partial charge in [-0.15, -0.1) is 0 Å². The Kier molecular flexibility index (Phi) is 3.47. The number of nitrogens with zero attached hydrogens (tertiary/aromatic N) is 2. The zero-order chi connectivity index (χ0) is 14.0. The first-order chi connectivity index (χ1) is 8.97. The molecule has 0 aliphatic rings. The molecule has 0 aliphatic carbocycles. The van der Waals surface area contributed by atoms with E-state index in [0.29, 0.717) is 11.3 Å². The summed E-state index contributed by atoms with van der Waals surface area (Å²) in [5.74, 6) is -2.91. The van der Waals surface area contributed by atoms with Gasteiger partial charge in [-0.2, -0.15) is 13.8 Å². The summed E-state index contributed by atoms with van der Waals surface area (Å²) in [6.45, 7) is 0. The van der Waals surface area contributed by atoms with Gasteiger partial charge in [0.1, 0.15) is 0 Å². The zero-order valence-electron chi connectivity index (χ0n) is 9.09. The standard InChI is InChI=1S/C10H5F2N3O3S/c11-7-3-1-5(9(12)14-7)13-10(16)6-2-4-8(19-6)15(17)18/h1-4H,(H,13,16). The maximum absolute atomic E-state index is 13.2. The number of thiophene rings is 1. The Balaban J connectivity index is 2.18. The average molecular weight is 285 g/mol. The van der Waals surface area contributed by atoms with E-state index in [2.05, 4.69) is 10.3 Å². The van der Waals surface area contributed by atoms with Gasteiger partial charge in [-0.1, -0.05) is 11.3 Å². The van der Waals surface area contributed by atoms with Gasteiger partial charge in [0.15, 0.2) is 0 Å². The third-order valence-electron chi connectivity index (χ3n) is 2.06. The van der Waals surface area contributed by atoms with E-state index in [1.807, 2.05) is 0 Å². The Labute approximate surface area is 108 Å². The van der Waals surface area contributed by atoms with Crippen molar-refractivity contribution >= 4 is 27.9 Å². The summed E-state index contributed by atoms with van der Waals surface area (Å²) in [5, 5.41) is 12.4. The van der Waals surface area contributed by atoms with E-state index in [9.17, 15) is 23.7 Å². The summed E-state index contributed by atoms with van der Waals surface area (Å²) >= 11 is 0.649. The molecule has 2 heterocycles. The van der Waals surface area contributed by atoms with Crippen LogP contribution in [0.1, 0.15) is 9.67 Å². The first kappa shape index (κ1) is 13.0. The number of carbonyl (C=O) groups excluding carboxylic acids is 1. The number of hydrogen-bond acceptors (Lipinski definition) is 5. The van der Waals surface area contributed by atoms with Crippen molar-refractivity contribution in [2.75, 3.05) is 5.32 Å². The molecule has 0 unspecified atom stereocenters. The smallest absolute Gasteiger partial charge is 0.317 e. The molecule has 0 spiro atoms. The first-order valence-electron chi connectivity index (χ1n) is 4.85. The van der Waals surface area contributed by atoms with Crippen LogP contribution in [0.2, 0.25) is 0 Å². The minimum atomic E-state index is -1.17. The fourth-order valence-electron chi connectivity index (χ4n) is 1.24. The van der Waals surface area contributed by atoms with Gasteiger partial charge >= 0.3 is 5.00 Å². The van der Waals surface area contributed by atoms with Gasteiger partial charge in [-0.25, -0.2) is 0 Å². The third-order valence-corrected chi connectivity index (χ3v) is 3.09. The summed E-state index contributed by atoms with van der Waals surface area (Å²) in [6, 6.07) is 4.30. The highest BCUT2D eigenvalue weighted by Gasteiger charge is 2.17. The summed E-state index contributed by atoms with van der Waals surface area (Å²) in [4.78, 5) is 24.4. The van der Waals surface area contributed by atoms with Crippen molar-refractivity contribution < 1.29 is 18.5 Å². The first-order valence-corrected chi connectivity index (χ1v) is 5.66. The van der Waals surface area contributed by atoms with E-state index in [1.165, 1.54) is 12.1 Å². The molecule has 0 fully saturated rings. The quantitative estimate of drug-likeness (QED) is 0.533. The van der Waals surface area contributed by atoms with E-state index in [0.717, 1.165) is 12.1 Å². The number of amides is 1. The summed E-state index contributed by atoms with van der Waals surface area (Å²) < 4.78 is 25.8. The molecule has 0 atom stereocenters. The van der Waals surface area contributed by atoms with Gasteiger partial charge < -0.3 is 5.32 Å². The molecule has 9 heteroatoms. The molecular weight excluding hydrogens is 280 g/mol. The van der Waals surface area contributed by atoms with Gasteiger partial charge in [0.2, 0.25) is 11.9 Å². The number of rotatable bonds is 3. The van der Waals surface area contributed by atoms with Gasteiger partial charge in [0.25, 0.3) is 5.91 Å². The minimum absolute atomic E-state index is 0.0374. The van der Waals surface area contributed by atoms with Crippen molar-refractivity contribution in [1.29, 1.82) is 0 Å². The van der Waals surface area contributed by atoms with Crippen molar-refractivity contribution in [3.8, 4) is 0 Å². The van der Waals surface area contributed by atoms with E-state index in [1.54, 1.807) is 0 Å². The maximum atomic E-state index is 13.2. The lowest BCUT2D eigenvalue weighted by Crippen LogP contribution is -2.12. The van der Waals surface area contributed by atoms with Crippen LogP contribution >= 0.6 is 11.3 Å². The maximum Gasteiger partial charge on any atom is 0.324 e.